The van der Waals surface area contributed by atoms with E-state index >= 15 is 0 Å². The van der Waals surface area contributed by atoms with Crippen molar-refractivity contribution >= 4 is 17.5 Å². The molecule has 0 aliphatic heterocycles. The van der Waals surface area contributed by atoms with Gasteiger partial charge in [-0.25, -0.2) is 13.2 Å². The van der Waals surface area contributed by atoms with E-state index < -0.39 is 17.5 Å². The van der Waals surface area contributed by atoms with E-state index in [1.165, 1.54) is 6.20 Å². The fraction of sp³-hybridized carbons (Fsp3) is 0. The van der Waals surface area contributed by atoms with Crippen LogP contribution in [0.25, 0.3) is 5.57 Å². The second-order valence-corrected chi connectivity index (χ2v) is 3.95. The summed E-state index contributed by atoms with van der Waals surface area (Å²) in [5, 5.41) is 2.46. The largest absolute Gasteiger partial charge is 0.358 e. The standard InChI is InChI=1S/C15H10F3NO/c16-12-6-7-13(15(18)14(12)17)19-8-11(9-20)10-4-2-1-3-5-10/h1-9,19H. The summed E-state index contributed by atoms with van der Waals surface area (Å²) >= 11 is 0. The number of anilines is 1. The van der Waals surface area contributed by atoms with Crippen molar-refractivity contribution in [3.8, 4) is 0 Å². The van der Waals surface area contributed by atoms with E-state index in [4.69, 9.17) is 0 Å². The zero-order valence-corrected chi connectivity index (χ0v) is 10.2. The van der Waals surface area contributed by atoms with Crippen LogP contribution < -0.4 is 5.32 Å². The Bertz CT molecular complexity index is 654. The third-order valence-corrected chi connectivity index (χ3v) is 2.65. The fourth-order valence-electron chi connectivity index (χ4n) is 1.61. The number of carbonyl (C=O) groups excluding carboxylic acids is 1. The predicted octanol–water partition coefficient (Wildman–Crippen LogP) is 3.76. The molecule has 1 N–H and O–H groups in total. The Labute approximate surface area is 113 Å². The second kappa shape index (κ2) is 6.06. The quantitative estimate of drug-likeness (QED) is 0.524. The summed E-state index contributed by atoms with van der Waals surface area (Å²) in [6, 6.07) is 10.5. The van der Waals surface area contributed by atoms with Crippen molar-refractivity contribution in [1.29, 1.82) is 0 Å². The molecule has 2 aromatic rings. The van der Waals surface area contributed by atoms with Crippen molar-refractivity contribution in [2.24, 2.45) is 0 Å². The van der Waals surface area contributed by atoms with Crippen molar-refractivity contribution in [2.75, 3.05) is 5.32 Å². The first kappa shape index (κ1) is 13.9. The maximum absolute atomic E-state index is 13.4. The van der Waals surface area contributed by atoms with Crippen LogP contribution in [0.1, 0.15) is 5.56 Å². The molecule has 102 valence electrons. The van der Waals surface area contributed by atoms with Crippen LogP contribution >= 0.6 is 0 Å². The van der Waals surface area contributed by atoms with Crippen molar-refractivity contribution in [1.82, 2.24) is 0 Å². The van der Waals surface area contributed by atoms with E-state index in [2.05, 4.69) is 5.32 Å². The van der Waals surface area contributed by atoms with Gasteiger partial charge in [-0.3, -0.25) is 4.79 Å². The van der Waals surface area contributed by atoms with Crippen LogP contribution in [0.3, 0.4) is 0 Å². The zero-order chi connectivity index (χ0) is 14.5. The highest BCUT2D eigenvalue weighted by molar-refractivity contribution is 6.07. The van der Waals surface area contributed by atoms with E-state index in [1.807, 2.05) is 0 Å². The normalized spacial score (nSPS) is 11.2. The van der Waals surface area contributed by atoms with Gasteiger partial charge in [0.1, 0.15) is 0 Å². The molecule has 20 heavy (non-hydrogen) atoms. The number of benzene rings is 2. The highest BCUT2D eigenvalue weighted by Gasteiger charge is 2.12. The van der Waals surface area contributed by atoms with Gasteiger partial charge in [0.05, 0.1) is 5.69 Å². The number of nitrogens with one attached hydrogen (secondary N) is 1. The molecule has 2 rings (SSSR count). The number of rotatable bonds is 4. The molecule has 0 bridgehead atoms. The third-order valence-electron chi connectivity index (χ3n) is 2.65. The van der Waals surface area contributed by atoms with Gasteiger partial charge >= 0.3 is 0 Å². The number of hydrogen-bond acceptors (Lipinski definition) is 2. The Balaban J connectivity index is 2.28. The van der Waals surface area contributed by atoms with Crippen LogP contribution in [0, 0.1) is 17.5 Å². The maximum Gasteiger partial charge on any atom is 0.196 e. The molecule has 0 aliphatic carbocycles. The fourth-order valence-corrected chi connectivity index (χ4v) is 1.61. The maximum atomic E-state index is 13.4. The van der Waals surface area contributed by atoms with Crippen LogP contribution in [-0.4, -0.2) is 6.29 Å². The van der Waals surface area contributed by atoms with Gasteiger partial charge in [0, 0.05) is 11.8 Å². The van der Waals surface area contributed by atoms with E-state index in [9.17, 15) is 18.0 Å². The molecule has 0 fully saturated rings. The third kappa shape index (κ3) is 2.88. The van der Waals surface area contributed by atoms with E-state index in [-0.39, 0.29) is 11.3 Å². The molecule has 0 saturated carbocycles. The smallest absolute Gasteiger partial charge is 0.196 e. The van der Waals surface area contributed by atoms with Crippen molar-refractivity contribution in [3.05, 3.63) is 71.7 Å². The predicted molar refractivity (Wildman–Crippen MR) is 70.4 cm³/mol. The van der Waals surface area contributed by atoms with Gasteiger partial charge < -0.3 is 5.32 Å². The van der Waals surface area contributed by atoms with Crippen LogP contribution in [0.15, 0.2) is 48.7 Å². The first-order valence-electron chi connectivity index (χ1n) is 5.74. The van der Waals surface area contributed by atoms with Crippen molar-refractivity contribution in [2.45, 2.75) is 0 Å². The molecule has 2 nitrogen and oxygen atoms in total. The SMILES string of the molecule is O=CC(=CNc1ccc(F)c(F)c1F)c1ccccc1. The number of halogens is 3. The molecule has 0 amide bonds. The lowest BCUT2D eigenvalue weighted by Crippen LogP contribution is -1.99. The highest BCUT2D eigenvalue weighted by atomic mass is 19.2. The Hall–Kier alpha value is -2.56. The summed E-state index contributed by atoms with van der Waals surface area (Å²) in [5.74, 6) is -4.16. The summed E-state index contributed by atoms with van der Waals surface area (Å²) in [6.07, 6.45) is 1.82. The van der Waals surface area contributed by atoms with Gasteiger partial charge in [-0.2, -0.15) is 0 Å². The van der Waals surface area contributed by atoms with Gasteiger partial charge in [0.15, 0.2) is 23.7 Å². The molecular formula is C15H10F3NO. The van der Waals surface area contributed by atoms with Crippen molar-refractivity contribution in [3.63, 3.8) is 0 Å². The van der Waals surface area contributed by atoms with Gasteiger partial charge in [0.2, 0.25) is 0 Å². The summed E-state index contributed by atoms with van der Waals surface area (Å²) in [7, 11) is 0. The summed E-state index contributed by atoms with van der Waals surface area (Å²) < 4.78 is 39.2. The lowest BCUT2D eigenvalue weighted by molar-refractivity contribution is -0.103. The number of aldehydes is 1. The van der Waals surface area contributed by atoms with E-state index in [0.717, 1.165) is 12.1 Å². The van der Waals surface area contributed by atoms with Crippen LogP contribution in [-0.2, 0) is 4.79 Å². The number of allylic oxidation sites excluding steroid dienone is 1. The zero-order valence-electron chi connectivity index (χ0n) is 10.2. The first-order valence-corrected chi connectivity index (χ1v) is 5.74. The molecule has 0 aliphatic rings. The summed E-state index contributed by atoms with van der Waals surface area (Å²) in [4.78, 5) is 11.0. The van der Waals surface area contributed by atoms with Crippen LogP contribution in [0.2, 0.25) is 0 Å². The molecule has 5 heteroatoms. The molecular weight excluding hydrogens is 267 g/mol. The van der Waals surface area contributed by atoms with Gasteiger partial charge in [-0.15, -0.1) is 0 Å². The van der Waals surface area contributed by atoms with Crippen LogP contribution in [0.4, 0.5) is 18.9 Å². The minimum absolute atomic E-state index is 0.251. The van der Waals surface area contributed by atoms with Gasteiger partial charge in [0.25, 0.3) is 0 Å². The average molecular weight is 277 g/mol. The second-order valence-electron chi connectivity index (χ2n) is 3.95. The average Bonchev–Trinajstić information content (AvgIpc) is 2.48. The molecule has 0 unspecified atom stereocenters. The number of hydrogen-bond donors (Lipinski definition) is 1. The molecule has 0 radical (unpaired) electrons. The van der Waals surface area contributed by atoms with Crippen LogP contribution in [0.5, 0.6) is 0 Å². The van der Waals surface area contributed by atoms with E-state index in [0.29, 0.717) is 11.8 Å². The summed E-state index contributed by atoms with van der Waals surface area (Å²) in [6.45, 7) is 0. The number of carbonyl (C=O) groups is 1. The Kier molecular flexibility index (Phi) is 4.20. The molecule has 0 atom stereocenters. The minimum atomic E-state index is -1.56. The Morgan fingerprint density at radius 3 is 2.30 bits per heavy atom. The molecule has 0 saturated heterocycles. The first-order chi connectivity index (χ1) is 9.63. The van der Waals surface area contributed by atoms with Gasteiger partial charge in [-0.1, -0.05) is 30.3 Å². The lowest BCUT2D eigenvalue weighted by Gasteiger charge is -2.06. The summed E-state index contributed by atoms with van der Waals surface area (Å²) in [5.41, 5.74) is 0.631. The lowest BCUT2D eigenvalue weighted by atomic mass is 10.1. The molecule has 2 aromatic carbocycles. The Morgan fingerprint density at radius 2 is 1.65 bits per heavy atom. The molecule has 0 spiro atoms. The van der Waals surface area contributed by atoms with E-state index in [1.54, 1.807) is 30.3 Å². The molecule has 0 aromatic heterocycles. The van der Waals surface area contributed by atoms with Crippen molar-refractivity contribution < 1.29 is 18.0 Å². The topological polar surface area (TPSA) is 29.1 Å². The molecule has 0 heterocycles. The Morgan fingerprint density at radius 1 is 0.950 bits per heavy atom. The minimum Gasteiger partial charge on any atom is -0.358 e. The van der Waals surface area contributed by atoms with Gasteiger partial charge in [-0.05, 0) is 17.7 Å². The highest BCUT2D eigenvalue weighted by Crippen LogP contribution is 2.20. The monoisotopic (exact) mass is 277 g/mol.